The van der Waals surface area contributed by atoms with E-state index in [1.165, 1.54) is 0 Å². The Kier molecular flexibility index (Phi) is 0.457. The number of rotatable bonds is 1. The van der Waals surface area contributed by atoms with E-state index in [1.54, 1.807) is 0 Å². The largest absolute Gasteiger partial charge is 0.145 e. The Morgan fingerprint density at radius 1 is 1.38 bits per heavy atom. The van der Waals surface area contributed by atoms with Gasteiger partial charge in [-0.05, 0) is 17.3 Å². The third kappa shape index (κ3) is 0.904. The van der Waals surface area contributed by atoms with E-state index < -0.39 is 35.9 Å². The molecular weight excluding hydrogens is 102 g/mol. The van der Waals surface area contributed by atoms with Gasteiger partial charge in [-0.3, -0.25) is 0 Å². The smallest absolute Gasteiger partial charge is 0.107 e. The minimum atomic E-state index is -0.569. The number of nitrogens with zero attached hydrogens (tertiary/aromatic N) is 1. The van der Waals surface area contributed by atoms with Crippen molar-refractivity contribution in [3.05, 3.63) is 35.1 Å². The lowest BCUT2D eigenvalue weighted by atomic mass is 10.3. The number of hydrogen-bond acceptors (Lipinski definition) is 2. The van der Waals surface area contributed by atoms with E-state index in [9.17, 15) is 4.91 Å². The second kappa shape index (κ2) is 2.21. The molecule has 0 radical (unpaired) electrons. The molecule has 0 heterocycles. The lowest BCUT2D eigenvalue weighted by Crippen LogP contribution is -1.56. The summed E-state index contributed by atoms with van der Waals surface area (Å²) in [4.78, 5) is 10.1. The van der Waals surface area contributed by atoms with Gasteiger partial charge in [-0.1, -0.05) is 18.1 Å². The molecule has 0 saturated carbocycles. The Bertz CT molecular complexity index is 349. The summed E-state index contributed by atoms with van der Waals surface area (Å²) in [7, 11) is 0. The predicted octanol–water partition coefficient (Wildman–Crippen LogP) is 2.08. The maximum atomic E-state index is 10.1. The Labute approximate surface area is 54.2 Å². The summed E-state index contributed by atoms with van der Waals surface area (Å²) in [5.41, 5.74) is -0.550. The summed E-state index contributed by atoms with van der Waals surface area (Å²) in [6.45, 7) is 0. The third-order valence-corrected chi connectivity index (χ3v) is 0.578. The number of benzene rings is 1. The second-order valence-electron chi connectivity index (χ2n) is 1.06. The summed E-state index contributed by atoms with van der Waals surface area (Å²) in [6.07, 6.45) is 0. The molecule has 1 rings (SSSR count). The van der Waals surface area contributed by atoms with Gasteiger partial charge in [0.05, 0.1) is 6.85 Å². The van der Waals surface area contributed by atoms with Gasteiger partial charge in [0.15, 0.2) is 0 Å². The van der Waals surface area contributed by atoms with Gasteiger partial charge >= 0.3 is 0 Å². The van der Waals surface area contributed by atoms with Crippen molar-refractivity contribution >= 4 is 5.69 Å². The van der Waals surface area contributed by atoms with Gasteiger partial charge in [-0.25, -0.2) is 0 Å². The summed E-state index contributed by atoms with van der Waals surface area (Å²) in [5, 5.41) is 2.38. The monoisotopic (exact) mass is 112 g/mol. The fourth-order valence-corrected chi connectivity index (χ4v) is 0.289. The molecule has 1 aromatic rings. The first-order valence-electron chi connectivity index (χ1n) is 4.41. The molecule has 0 aliphatic heterocycles. The van der Waals surface area contributed by atoms with Crippen LogP contribution in [0, 0.1) is 4.91 Å². The lowest BCUT2D eigenvalue weighted by molar-refractivity contribution is 1.50. The summed E-state index contributed by atoms with van der Waals surface area (Å²) >= 11 is 0. The molecule has 0 aliphatic carbocycles. The van der Waals surface area contributed by atoms with E-state index in [-0.39, 0.29) is 0 Å². The molecule has 0 unspecified atom stereocenters. The molecule has 0 aliphatic rings. The first-order valence-corrected chi connectivity index (χ1v) is 1.91. The van der Waals surface area contributed by atoms with Crippen LogP contribution in [0.3, 0.4) is 0 Å². The molecule has 40 valence electrons. The van der Waals surface area contributed by atoms with Crippen LogP contribution in [-0.4, -0.2) is 0 Å². The molecule has 0 aromatic heterocycles. The highest BCUT2D eigenvalue weighted by atomic mass is 16.3. The van der Waals surface area contributed by atoms with Gasteiger partial charge in [0.1, 0.15) is 5.69 Å². The van der Waals surface area contributed by atoms with Crippen LogP contribution < -0.4 is 0 Å². The summed E-state index contributed by atoms with van der Waals surface area (Å²) in [5.74, 6) is 0. The van der Waals surface area contributed by atoms with Crippen LogP contribution in [0.4, 0.5) is 5.69 Å². The molecule has 8 heavy (non-hydrogen) atoms. The van der Waals surface area contributed by atoms with Crippen LogP contribution in [0.2, 0.25) is 0 Å². The van der Waals surface area contributed by atoms with Gasteiger partial charge < -0.3 is 0 Å². The number of hydrogen-bond donors (Lipinski definition) is 0. The van der Waals surface area contributed by atoms with E-state index in [2.05, 4.69) is 5.18 Å². The van der Waals surface area contributed by atoms with Gasteiger partial charge in [-0.2, -0.15) is 0 Å². The van der Waals surface area contributed by atoms with Crippen molar-refractivity contribution in [1.29, 1.82) is 0 Å². The summed E-state index contributed by atoms with van der Waals surface area (Å²) in [6, 6.07) is -2.75. The average Bonchev–Trinajstić information content (AvgIpc) is 2.13. The second-order valence-corrected chi connectivity index (χ2v) is 1.06. The topological polar surface area (TPSA) is 29.4 Å². The van der Waals surface area contributed by atoms with Gasteiger partial charge in [0.2, 0.25) is 0 Å². The third-order valence-electron chi connectivity index (χ3n) is 0.578. The highest BCUT2D eigenvalue weighted by molar-refractivity contribution is 5.34. The Morgan fingerprint density at radius 3 is 2.50 bits per heavy atom. The fourth-order valence-electron chi connectivity index (χ4n) is 0.289. The van der Waals surface area contributed by atoms with Crippen molar-refractivity contribution in [2.24, 2.45) is 5.18 Å². The molecule has 0 N–H and O–H groups in total. The fraction of sp³-hybridized carbons (Fsp3) is 0. The first kappa shape index (κ1) is 1.65. The van der Waals surface area contributed by atoms with E-state index >= 15 is 0 Å². The van der Waals surface area contributed by atoms with Gasteiger partial charge in [0, 0.05) is 0 Å². The molecule has 0 fully saturated rings. The minimum Gasteiger partial charge on any atom is -0.145 e. The van der Waals surface area contributed by atoms with Crippen molar-refractivity contribution in [2.75, 3.05) is 0 Å². The molecule has 2 nitrogen and oxygen atoms in total. The zero-order chi connectivity index (χ0) is 10.2. The quantitative estimate of drug-likeness (QED) is 0.511. The van der Waals surface area contributed by atoms with E-state index in [0.29, 0.717) is 0 Å². The van der Waals surface area contributed by atoms with Crippen molar-refractivity contribution in [3.63, 3.8) is 0 Å². The van der Waals surface area contributed by atoms with Gasteiger partial charge in [-0.15, -0.1) is 4.91 Å². The minimum absolute atomic E-state index is 0.526. The van der Waals surface area contributed by atoms with Crippen LogP contribution in [0.15, 0.2) is 35.4 Å². The highest BCUT2D eigenvalue weighted by Crippen LogP contribution is 2.07. The maximum absolute atomic E-state index is 10.1. The van der Waals surface area contributed by atoms with E-state index in [4.69, 9.17) is 6.85 Å². The molecule has 2 heteroatoms. The predicted molar refractivity (Wildman–Crippen MR) is 31.9 cm³/mol. The normalized spacial score (nSPS) is 17.2. The van der Waals surface area contributed by atoms with Crippen LogP contribution in [0.5, 0.6) is 0 Å². The zero-order valence-corrected chi connectivity index (χ0v) is 3.86. The molecule has 0 saturated heterocycles. The summed E-state index contributed by atoms with van der Waals surface area (Å²) < 4.78 is 35.8. The Morgan fingerprint density at radius 2 is 2.00 bits per heavy atom. The average molecular weight is 112 g/mol. The Hall–Kier alpha value is -1.18. The van der Waals surface area contributed by atoms with Crippen LogP contribution in [0.25, 0.3) is 0 Å². The van der Waals surface area contributed by atoms with Crippen molar-refractivity contribution in [3.8, 4) is 0 Å². The molecule has 0 atom stereocenters. The van der Waals surface area contributed by atoms with Crippen molar-refractivity contribution in [2.45, 2.75) is 0 Å². The van der Waals surface area contributed by atoms with E-state index in [1.807, 2.05) is 0 Å². The Balaban J connectivity index is 3.66. The molecule has 0 bridgehead atoms. The van der Waals surface area contributed by atoms with Crippen LogP contribution >= 0.6 is 0 Å². The lowest BCUT2D eigenvalue weighted by Gasteiger charge is -1.80. The highest BCUT2D eigenvalue weighted by Gasteiger charge is 1.81. The SMILES string of the molecule is [2H]c1c([2H])c([2H])c(N=O)c([2H])c1[2H]. The van der Waals surface area contributed by atoms with Crippen LogP contribution in [-0.2, 0) is 0 Å². The van der Waals surface area contributed by atoms with Crippen LogP contribution in [0.1, 0.15) is 6.85 Å². The molecule has 0 amide bonds. The molecular formula is C6H5NO. The van der Waals surface area contributed by atoms with Gasteiger partial charge in [0.25, 0.3) is 0 Å². The van der Waals surface area contributed by atoms with Crippen molar-refractivity contribution < 1.29 is 6.85 Å². The maximum Gasteiger partial charge on any atom is 0.107 e. The standard InChI is InChI=1S/C6H5NO/c8-7-6-4-2-1-3-5-6/h1-5H/i1D,2D,3D,4D,5D. The first-order chi connectivity index (χ1) is 6.00. The van der Waals surface area contributed by atoms with Crippen molar-refractivity contribution in [1.82, 2.24) is 0 Å². The molecule has 1 aromatic carbocycles. The number of nitroso groups, excluding NO2 is 1. The molecule has 0 spiro atoms. The zero-order valence-electron chi connectivity index (χ0n) is 8.86. The van der Waals surface area contributed by atoms with E-state index in [0.717, 1.165) is 0 Å².